The molecule has 55 heavy (non-hydrogen) atoms. The highest BCUT2D eigenvalue weighted by molar-refractivity contribution is 8.00. The Morgan fingerprint density at radius 2 is 0.800 bits per heavy atom. The third kappa shape index (κ3) is 4.76. The largest absolute Gasteiger partial charge is 0.308 e. The molecule has 0 unspecified atom stereocenters. The number of benzene rings is 7. The monoisotopic (exact) mass is 747 g/mol. The fraction of sp³-hybridized carbons (Fsp3) is 0.0833. The lowest BCUT2D eigenvalue weighted by molar-refractivity contribution is 0.591. The molecule has 2 aliphatic heterocycles. The third-order valence-electron chi connectivity index (χ3n) is 11.0. The standard InChI is InChI=1S/C48H33N3O2S2/c1-48(2,3)28-24-33-45-34(25-28)47(53)32-27-30(50-39-14-6-10-18-43(39)55-44-19-11-7-15-40(44)50)21-23-36(32)51(45)35-22-20-29(26-31(35)46(33)52)49-37-12-4-8-16-41(37)54-42-17-9-5-13-38(42)49/h4-27H,1-3H3. The van der Waals surface area contributed by atoms with E-state index >= 15 is 0 Å². The Morgan fingerprint density at radius 3 is 1.16 bits per heavy atom. The van der Waals surface area contributed by atoms with Gasteiger partial charge in [-0.15, -0.1) is 0 Å². The minimum Gasteiger partial charge on any atom is -0.308 e. The van der Waals surface area contributed by atoms with Gasteiger partial charge in [-0.1, -0.05) is 92.8 Å². The van der Waals surface area contributed by atoms with Crippen molar-refractivity contribution in [3.63, 3.8) is 0 Å². The van der Waals surface area contributed by atoms with Crippen LogP contribution in [0.15, 0.2) is 175 Å². The molecule has 2 aromatic heterocycles. The maximum Gasteiger partial charge on any atom is 0.197 e. The average molecular weight is 748 g/mol. The fourth-order valence-electron chi connectivity index (χ4n) is 8.36. The first-order chi connectivity index (χ1) is 26.7. The van der Waals surface area contributed by atoms with E-state index in [0.717, 1.165) is 70.3 Å². The molecule has 0 spiro atoms. The van der Waals surface area contributed by atoms with Crippen LogP contribution in [0.1, 0.15) is 26.3 Å². The Kier molecular flexibility index (Phi) is 6.92. The van der Waals surface area contributed by atoms with Gasteiger partial charge in [0.05, 0.1) is 39.3 Å². The van der Waals surface area contributed by atoms with Crippen LogP contribution in [-0.4, -0.2) is 4.40 Å². The second kappa shape index (κ2) is 11.7. The molecule has 11 rings (SSSR count). The molecule has 9 aromatic rings. The molecule has 0 saturated heterocycles. The summed E-state index contributed by atoms with van der Waals surface area (Å²) in [5.74, 6) is 0. The van der Waals surface area contributed by atoms with Gasteiger partial charge in [-0.3, -0.25) is 9.59 Å². The zero-order chi connectivity index (χ0) is 37.2. The van der Waals surface area contributed by atoms with Crippen molar-refractivity contribution >= 4 is 95.7 Å². The van der Waals surface area contributed by atoms with E-state index in [1.54, 1.807) is 23.5 Å². The number of para-hydroxylation sites is 4. The van der Waals surface area contributed by atoms with Gasteiger partial charge in [-0.2, -0.15) is 0 Å². The highest BCUT2D eigenvalue weighted by Crippen LogP contribution is 2.53. The maximum atomic E-state index is 14.9. The Labute approximate surface area is 325 Å². The Morgan fingerprint density at radius 1 is 0.436 bits per heavy atom. The van der Waals surface area contributed by atoms with E-state index in [4.69, 9.17) is 0 Å². The van der Waals surface area contributed by atoms with Gasteiger partial charge in [0.15, 0.2) is 10.9 Å². The van der Waals surface area contributed by atoms with E-state index in [1.807, 2.05) is 24.3 Å². The van der Waals surface area contributed by atoms with E-state index < -0.39 is 0 Å². The maximum absolute atomic E-state index is 14.9. The molecule has 0 atom stereocenters. The predicted octanol–water partition coefficient (Wildman–Crippen LogP) is 12.7. The molecule has 0 bridgehead atoms. The number of hydrogen-bond acceptors (Lipinski definition) is 6. The third-order valence-corrected chi connectivity index (χ3v) is 13.3. The van der Waals surface area contributed by atoms with Crippen LogP contribution in [0.3, 0.4) is 0 Å². The van der Waals surface area contributed by atoms with Gasteiger partial charge in [-0.25, -0.2) is 0 Å². The summed E-state index contributed by atoms with van der Waals surface area (Å²) in [5, 5.41) is 2.33. The van der Waals surface area contributed by atoms with Crippen LogP contribution < -0.4 is 20.7 Å². The molecule has 264 valence electrons. The molecule has 0 N–H and O–H groups in total. The minimum atomic E-state index is -0.293. The highest BCUT2D eigenvalue weighted by atomic mass is 32.2. The van der Waals surface area contributed by atoms with Crippen LogP contribution in [0.4, 0.5) is 34.1 Å². The summed E-state index contributed by atoms with van der Waals surface area (Å²) in [7, 11) is 0. The van der Waals surface area contributed by atoms with Crippen molar-refractivity contribution < 1.29 is 0 Å². The van der Waals surface area contributed by atoms with E-state index in [9.17, 15) is 9.59 Å². The van der Waals surface area contributed by atoms with E-state index in [2.05, 4.69) is 156 Å². The molecule has 7 aromatic carbocycles. The lowest BCUT2D eigenvalue weighted by atomic mass is 9.85. The first-order valence-electron chi connectivity index (χ1n) is 18.4. The number of pyridine rings is 2. The first-order valence-corrected chi connectivity index (χ1v) is 20.1. The molecule has 0 amide bonds. The molecule has 0 radical (unpaired) electrons. The first kappa shape index (κ1) is 32.4. The summed E-state index contributed by atoms with van der Waals surface area (Å²) < 4.78 is 2.15. The van der Waals surface area contributed by atoms with Crippen LogP contribution in [0.2, 0.25) is 0 Å². The van der Waals surface area contributed by atoms with Crippen LogP contribution in [0.5, 0.6) is 0 Å². The van der Waals surface area contributed by atoms with Gasteiger partial charge in [0.25, 0.3) is 0 Å². The van der Waals surface area contributed by atoms with Crippen LogP contribution in [-0.2, 0) is 5.41 Å². The zero-order valence-corrected chi connectivity index (χ0v) is 32.0. The molecule has 0 saturated carbocycles. The van der Waals surface area contributed by atoms with Crippen molar-refractivity contribution in [3.05, 3.63) is 172 Å². The molecular formula is C48H33N3O2S2. The molecule has 0 aliphatic carbocycles. The predicted molar refractivity (Wildman–Crippen MR) is 230 cm³/mol. The number of nitrogens with zero attached hydrogens (tertiary/aromatic N) is 3. The van der Waals surface area contributed by atoms with Crippen molar-refractivity contribution in [1.82, 2.24) is 4.40 Å². The summed E-state index contributed by atoms with van der Waals surface area (Å²) in [6.45, 7) is 6.39. The lowest BCUT2D eigenvalue weighted by Crippen LogP contribution is -2.19. The molecule has 0 fully saturated rings. The van der Waals surface area contributed by atoms with Crippen LogP contribution in [0.25, 0.3) is 38.1 Å². The minimum absolute atomic E-state index is 0.0738. The van der Waals surface area contributed by atoms with Crippen molar-refractivity contribution in [3.8, 4) is 0 Å². The molecular weight excluding hydrogens is 715 g/mol. The smallest absolute Gasteiger partial charge is 0.197 e. The highest BCUT2D eigenvalue weighted by Gasteiger charge is 2.28. The molecule has 2 aliphatic rings. The number of hydrogen-bond donors (Lipinski definition) is 0. The molecule has 7 heteroatoms. The second-order valence-corrected chi connectivity index (χ2v) is 17.5. The second-order valence-electron chi connectivity index (χ2n) is 15.3. The van der Waals surface area contributed by atoms with Crippen molar-refractivity contribution in [1.29, 1.82) is 0 Å². The Hall–Kier alpha value is -6.02. The molecule has 5 nitrogen and oxygen atoms in total. The van der Waals surface area contributed by atoms with E-state index in [-0.39, 0.29) is 16.3 Å². The SMILES string of the molecule is CC(C)(C)c1cc2c(=O)c3cc(N4c5ccccc5Sc5ccccc54)ccc3n3c4ccc(N5c6ccccc6Sc6ccccc65)cc4c(=O)c(c1)c23. The molecule has 4 heterocycles. The normalized spacial score (nSPS) is 13.7. The van der Waals surface area contributed by atoms with Gasteiger partial charge in [0.2, 0.25) is 0 Å². The van der Waals surface area contributed by atoms with Gasteiger partial charge >= 0.3 is 0 Å². The van der Waals surface area contributed by atoms with Crippen molar-refractivity contribution in [2.45, 2.75) is 45.8 Å². The van der Waals surface area contributed by atoms with Gasteiger partial charge in [-0.05, 0) is 108 Å². The quantitative estimate of drug-likeness (QED) is 0.130. The lowest BCUT2D eigenvalue weighted by Gasteiger charge is -2.33. The number of aromatic nitrogens is 1. The van der Waals surface area contributed by atoms with E-state index in [1.165, 1.54) is 0 Å². The van der Waals surface area contributed by atoms with E-state index in [0.29, 0.717) is 27.1 Å². The summed E-state index contributed by atoms with van der Waals surface area (Å²) >= 11 is 3.52. The van der Waals surface area contributed by atoms with Gasteiger partial charge < -0.3 is 14.2 Å². The Balaban J connectivity index is 1.22. The topological polar surface area (TPSA) is 45.0 Å². The van der Waals surface area contributed by atoms with Crippen molar-refractivity contribution in [2.24, 2.45) is 0 Å². The van der Waals surface area contributed by atoms with Crippen molar-refractivity contribution in [2.75, 3.05) is 9.80 Å². The summed E-state index contributed by atoms with van der Waals surface area (Å²) in [6, 6.07) is 50.1. The Bertz CT molecular complexity index is 2930. The summed E-state index contributed by atoms with van der Waals surface area (Å²) in [5.41, 5.74) is 8.84. The van der Waals surface area contributed by atoms with Gasteiger partial charge in [0, 0.05) is 52.5 Å². The summed E-state index contributed by atoms with van der Waals surface area (Å²) in [6.07, 6.45) is 0. The number of rotatable bonds is 2. The summed E-state index contributed by atoms with van der Waals surface area (Å²) in [4.78, 5) is 38.9. The number of anilines is 6. The van der Waals surface area contributed by atoms with Crippen LogP contribution >= 0.6 is 23.5 Å². The average Bonchev–Trinajstić information content (AvgIpc) is 3.21. The fourth-order valence-corrected chi connectivity index (χ4v) is 10.5. The number of fused-ring (bicyclic) bond motifs is 8. The van der Waals surface area contributed by atoms with Crippen LogP contribution in [0, 0.1) is 0 Å². The van der Waals surface area contributed by atoms with Gasteiger partial charge in [0.1, 0.15) is 0 Å². The zero-order valence-electron chi connectivity index (χ0n) is 30.3.